The first-order chi connectivity index (χ1) is 5.70. The standard InChI is InChI=1S/C7H3F2NOS/c8-4-2-1-3-6(5(4)9)12-10-7(3)11/h1-2H,(H,10,11). The number of benzene rings is 1. The van der Waals surface area contributed by atoms with E-state index in [9.17, 15) is 13.6 Å². The minimum absolute atomic E-state index is 0.0417. The van der Waals surface area contributed by atoms with E-state index in [-0.39, 0.29) is 15.6 Å². The maximum atomic E-state index is 12.9. The van der Waals surface area contributed by atoms with Gasteiger partial charge in [0, 0.05) is 0 Å². The van der Waals surface area contributed by atoms with Gasteiger partial charge in [-0.2, -0.15) is 0 Å². The summed E-state index contributed by atoms with van der Waals surface area (Å²) in [4.78, 5) is 10.9. The largest absolute Gasteiger partial charge is 0.277 e. The number of aromatic amines is 1. The van der Waals surface area contributed by atoms with E-state index in [0.29, 0.717) is 0 Å². The van der Waals surface area contributed by atoms with Crippen LogP contribution in [0.2, 0.25) is 0 Å². The summed E-state index contributed by atoms with van der Waals surface area (Å²) >= 11 is 0.802. The summed E-state index contributed by atoms with van der Waals surface area (Å²) in [6.07, 6.45) is 0. The molecule has 1 aromatic carbocycles. The van der Waals surface area contributed by atoms with Crippen LogP contribution in [0.4, 0.5) is 8.78 Å². The third-order valence-corrected chi connectivity index (χ3v) is 2.43. The van der Waals surface area contributed by atoms with Crippen LogP contribution in [0.1, 0.15) is 0 Å². The highest BCUT2D eigenvalue weighted by Gasteiger charge is 2.10. The Hall–Kier alpha value is -1.23. The van der Waals surface area contributed by atoms with Crippen molar-refractivity contribution in [2.24, 2.45) is 0 Å². The molecule has 0 radical (unpaired) electrons. The highest BCUT2D eigenvalue weighted by molar-refractivity contribution is 7.13. The second-order valence-electron chi connectivity index (χ2n) is 2.27. The van der Waals surface area contributed by atoms with E-state index < -0.39 is 11.6 Å². The molecule has 0 aliphatic heterocycles. The molecular weight excluding hydrogens is 184 g/mol. The van der Waals surface area contributed by atoms with Gasteiger partial charge in [-0.25, -0.2) is 8.78 Å². The van der Waals surface area contributed by atoms with Crippen LogP contribution < -0.4 is 5.56 Å². The van der Waals surface area contributed by atoms with Crippen molar-refractivity contribution in [3.8, 4) is 0 Å². The third kappa shape index (κ3) is 0.863. The van der Waals surface area contributed by atoms with Crippen LogP contribution in [-0.4, -0.2) is 4.37 Å². The lowest BCUT2D eigenvalue weighted by molar-refractivity contribution is 0.518. The number of rotatable bonds is 0. The van der Waals surface area contributed by atoms with E-state index in [1.807, 2.05) is 0 Å². The normalized spacial score (nSPS) is 10.8. The van der Waals surface area contributed by atoms with Gasteiger partial charge in [0.25, 0.3) is 5.56 Å². The Balaban J connectivity index is 3.02. The van der Waals surface area contributed by atoms with Crippen molar-refractivity contribution in [3.05, 3.63) is 34.1 Å². The number of aromatic nitrogens is 1. The summed E-state index contributed by atoms with van der Waals surface area (Å²) in [5.74, 6) is -1.89. The van der Waals surface area contributed by atoms with Crippen molar-refractivity contribution >= 4 is 21.6 Å². The SMILES string of the molecule is O=c1[nH]sc2c(F)c(F)ccc12. The molecule has 0 aliphatic carbocycles. The van der Waals surface area contributed by atoms with Crippen LogP contribution in [0.25, 0.3) is 10.1 Å². The molecule has 0 atom stereocenters. The number of nitrogens with one attached hydrogen (secondary N) is 1. The summed E-state index contributed by atoms with van der Waals surface area (Å²) in [6.45, 7) is 0. The number of hydrogen-bond acceptors (Lipinski definition) is 2. The van der Waals surface area contributed by atoms with Gasteiger partial charge in [-0.15, -0.1) is 0 Å². The van der Waals surface area contributed by atoms with E-state index in [1.165, 1.54) is 6.07 Å². The molecular formula is C7H3F2NOS. The Morgan fingerprint density at radius 2 is 2.08 bits per heavy atom. The summed E-state index contributed by atoms with van der Waals surface area (Å²) in [7, 11) is 0. The van der Waals surface area contributed by atoms with Crippen molar-refractivity contribution in [2.45, 2.75) is 0 Å². The lowest BCUT2D eigenvalue weighted by Gasteiger charge is -1.90. The average Bonchev–Trinajstić information content (AvgIpc) is 2.41. The molecule has 2 nitrogen and oxygen atoms in total. The Morgan fingerprint density at radius 3 is 2.83 bits per heavy atom. The fourth-order valence-electron chi connectivity index (χ4n) is 0.963. The molecule has 0 bridgehead atoms. The molecule has 0 saturated carbocycles. The highest BCUT2D eigenvalue weighted by atomic mass is 32.1. The first-order valence-corrected chi connectivity index (χ1v) is 3.97. The van der Waals surface area contributed by atoms with Gasteiger partial charge in [0.05, 0.1) is 10.1 Å². The van der Waals surface area contributed by atoms with Crippen LogP contribution in [-0.2, 0) is 0 Å². The highest BCUT2D eigenvalue weighted by Crippen LogP contribution is 2.20. The second kappa shape index (κ2) is 2.38. The molecule has 0 saturated heterocycles. The molecule has 5 heteroatoms. The van der Waals surface area contributed by atoms with Gasteiger partial charge in [0.1, 0.15) is 0 Å². The monoisotopic (exact) mass is 187 g/mol. The zero-order valence-electron chi connectivity index (χ0n) is 5.73. The van der Waals surface area contributed by atoms with Gasteiger partial charge < -0.3 is 0 Å². The zero-order valence-corrected chi connectivity index (χ0v) is 6.54. The molecule has 2 rings (SSSR count). The maximum Gasteiger partial charge on any atom is 0.266 e. The van der Waals surface area contributed by atoms with Gasteiger partial charge in [0.2, 0.25) is 0 Å². The lowest BCUT2D eigenvalue weighted by Crippen LogP contribution is -1.96. The molecule has 2 aromatic rings. The molecule has 0 unspecified atom stereocenters. The lowest BCUT2D eigenvalue weighted by atomic mass is 10.2. The summed E-state index contributed by atoms with van der Waals surface area (Å²) < 4.78 is 27.8. The Morgan fingerprint density at radius 1 is 1.33 bits per heavy atom. The van der Waals surface area contributed by atoms with Crippen LogP contribution in [0.3, 0.4) is 0 Å². The fourth-order valence-corrected chi connectivity index (χ4v) is 1.73. The van der Waals surface area contributed by atoms with Crippen molar-refractivity contribution < 1.29 is 8.78 Å². The molecule has 62 valence electrons. The van der Waals surface area contributed by atoms with Gasteiger partial charge in [0.15, 0.2) is 11.6 Å². The van der Waals surface area contributed by atoms with Crippen LogP contribution in [0.5, 0.6) is 0 Å². The van der Waals surface area contributed by atoms with Crippen LogP contribution >= 0.6 is 11.5 Å². The predicted molar refractivity (Wildman–Crippen MR) is 42.4 cm³/mol. The van der Waals surface area contributed by atoms with E-state index in [1.54, 1.807) is 0 Å². The molecule has 0 amide bonds. The Kier molecular flexibility index (Phi) is 1.47. The summed E-state index contributed by atoms with van der Waals surface area (Å²) in [5.41, 5.74) is -0.381. The van der Waals surface area contributed by atoms with Crippen LogP contribution in [0, 0.1) is 11.6 Å². The molecule has 0 fully saturated rings. The molecule has 1 N–H and O–H groups in total. The zero-order chi connectivity index (χ0) is 8.72. The van der Waals surface area contributed by atoms with E-state index in [2.05, 4.69) is 4.37 Å². The predicted octanol–water partition coefficient (Wildman–Crippen LogP) is 1.87. The second-order valence-corrected chi connectivity index (χ2v) is 3.09. The fraction of sp³-hybridized carbons (Fsp3) is 0. The van der Waals surface area contributed by atoms with E-state index >= 15 is 0 Å². The van der Waals surface area contributed by atoms with Crippen molar-refractivity contribution in [3.63, 3.8) is 0 Å². The first-order valence-electron chi connectivity index (χ1n) is 3.15. The Labute approximate surface area is 69.6 Å². The first kappa shape index (κ1) is 7.42. The Bertz CT molecular complexity index is 488. The quantitative estimate of drug-likeness (QED) is 0.671. The number of H-pyrrole nitrogens is 1. The van der Waals surface area contributed by atoms with Gasteiger partial charge in [-0.1, -0.05) is 11.5 Å². The van der Waals surface area contributed by atoms with Gasteiger partial charge in [-0.3, -0.25) is 9.17 Å². The van der Waals surface area contributed by atoms with Crippen molar-refractivity contribution in [2.75, 3.05) is 0 Å². The topological polar surface area (TPSA) is 32.9 Å². The van der Waals surface area contributed by atoms with Crippen LogP contribution in [0.15, 0.2) is 16.9 Å². The molecule has 0 aliphatic rings. The molecule has 0 spiro atoms. The van der Waals surface area contributed by atoms with E-state index in [4.69, 9.17) is 0 Å². The van der Waals surface area contributed by atoms with Gasteiger partial charge in [-0.05, 0) is 12.1 Å². The number of hydrogen-bond donors (Lipinski definition) is 1. The maximum absolute atomic E-state index is 12.9. The van der Waals surface area contributed by atoms with Crippen molar-refractivity contribution in [1.29, 1.82) is 0 Å². The minimum atomic E-state index is -0.962. The van der Waals surface area contributed by atoms with Gasteiger partial charge >= 0.3 is 0 Å². The summed E-state index contributed by atoms with van der Waals surface area (Å²) in [5, 5.41) is 0.193. The molecule has 1 heterocycles. The third-order valence-electron chi connectivity index (χ3n) is 1.54. The average molecular weight is 187 g/mol. The minimum Gasteiger partial charge on any atom is -0.277 e. The van der Waals surface area contributed by atoms with Crippen molar-refractivity contribution in [1.82, 2.24) is 4.37 Å². The van der Waals surface area contributed by atoms with E-state index in [0.717, 1.165) is 17.6 Å². The summed E-state index contributed by atoms with van der Waals surface area (Å²) in [6, 6.07) is 2.21. The molecule has 12 heavy (non-hydrogen) atoms. The number of halogens is 2. The smallest absolute Gasteiger partial charge is 0.266 e. The molecule has 1 aromatic heterocycles. The number of fused-ring (bicyclic) bond motifs is 1.